The highest BCUT2D eigenvalue weighted by molar-refractivity contribution is 7.10. The van der Waals surface area contributed by atoms with E-state index in [0.29, 0.717) is 11.8 Å². The molecule has 1 aliphatic rings. The Hall–Kier alpha value is -1.89. The van der Waals surface area contributed by atoms with Gasteiger partial charge in [-0.15, -0.1) is 11.3 Å². The number of anilines is 1. The van der Waals surface area contributed by atoms with E-state index in [1.807, 2.05) is 29.7 Å². The molecule has 2 heterocycles. The number of quaternary nitrogens is 2. The fourth-order valence-electron chi connectivity index (χ4n) is 3.94. The van der Waals surface area contributed by atoms with E-state index < -0.39 is 0 Å². The summed E-state index contributed by atoms with van der Waals surface area (Å²) < 4.78 is 0. The van der Waals surface area contributed by atoms with Gasteiger partial charge in [0.1, 0.15) is 38.0 Å². The quantitative estimate of drug-likeness (QED) is 0.574. The van der Waals surface area contributed by atoms with E-state index in [0.717, 1.165) is 30.9 Å². The number of rotatable bonds is 8. The lowest BCUT2D eigenvalue weighted by atomic mass is 10.1. The molecule has 3 N–H and O–H groups in total. The summed E-state index contributed by atoms with van der Waals surface area (Å²) in [5.74, 6) is 0.302. The van der Waals surface area contributed by atoms with Crippen LogP contribution in [0.25, 0.3) is 0 Å². The number of nitrogens with zero attached hydrogens (tertiary/aromatic N) is 2. The minimum Gasteiger partial charge on any atom is -0.507 e. The van der Waals surface area contributed by atoms with Gasteiger partial charge in [-0.05, 0) is 37.4 Å². The minimum absolute atomic E-state index is 0.302. The molecule has 1 aromatic carbocycles. The number of hydrogen-bond acceptors (Lipinski definition) is 4. The van der Waals surface area contributed by atoms with Gasteiger partial charge in [-0.1, -0.05) is 6.07 Å². The molecule has 1 aromatic heterocycles. The summed E-state index contributed by atoms with van der Waals surface area (Å²) in [6.45, 7) is 11.7. The van der Waals surface area contributed by atoms with Gasteiger partial charge in [-0.2, -0.15) is 0 Å². The van der Waals surface area contributed by atoms with Crippen LogP contribution in [0.1, 0.15) is 30.3 Å². The van der Waals surface area contributed by atoms with Crippen LogP contribution in [0.15, 0.2) is 40.7 Å². The first kappa shape index (κ1) is 20.8. The lowest BCUT2D eigenvalue weighted by molar-refractivity contribution is -1.02. The minimum atomic E-state index is 0.302. The van der Waals surface area contributed by atoms with E-state index in [2.05, 4.69) is 49.4 Å². The van der Waals surface area contributed by atoms with Crippen LogP contribution in [0.2, 0.25) is 0 Å². The van der Waals surface area contributed by atoms with E-state index >= 15 is 0 Å². The average Bonchev–Trinajstić information content (AvgIpc) is 3.23. The lowest BCUT2D eigenvalue weighted by Gasteiger charge is -2.32. The number of nitrogens with one attached hydrogen (secondary N) is 2. The predicted molar refractivity (Wildman–Crippen MR) is 119 cm³/mol. The Bertz CT molecular complexity index is 750. The maximum atomic E-state index is 10.4. The fraction of sp³-hybridized carbons (Fsp3) is 0.500. The second kappa shape index (κ2) is 10.0. The van der Waals surface area contributed by atoms with E-state index in [4.69, 9.17) is 4.99 Å². The van der Waals surface area contributed by atoms with Crippen molar-refractivity contribution in [1.82, 2.24) is 0 Å². The molecule has 0 aliphatic carbocycles. The van der Waals surface area contributed by atoms with Crippen LogP contribution in [-0.2, 0) is 0 Å². The van der Waals surface area contributed by atoms with Crippen molar-refractivity contribution in [1.29, 1.82) is 0 Å². The summed E-state index contributed by atoms with van der Waals surface area (Å²) in [5.41, 5.74) is 1.85. The van der Waals surface area contributed by atoms with Crippen LogP contribution in [0.4, 0.5) is 5.69 Å². The zero-order chi connectivity index (χ0) is 19.9. The van der Waals surface area contributed by atoms with Gasteiger partial charge < -0.3 is 19.8 Å². The van der Waals surface area contributed by atoms with Crippen LogP contribution in [0.3, 0.4) is 0 Å². The van der Waals surface area contributed by atoms with Gasteiger partial charge in [-0.3, -0.25) is 4.99 Å². The number of aromatic hydroxyl groups is 1. The number of phenols is 1. The molecule has 6 heteroatoms. The summed E-state index contributed by atoms with van der Waals surface area (Å²) in [5, 5.41) is 12.6. The molecule has 0 saturated carbocycles. The zero-order valence-corrected chi connectivity index (χ0v) is 18.1. The van der Waals surface area contributed by atoms with E-state index in [1.165, 1.54) is 31.1 Å². The Labute approximate surface area is 172 Å². The van der Waals surface area contributed by atoms with Crippen molar-refractivity contribution in [2.45, 2.75) is 19.9 Å². The van der Waals surface area contributed by atoms with Gasteiger partial charge in [0.25, 0.3) is 0 Å². The van der Waals surface area contributed by atoms with Gasteiger partial charge in [0.15, 0.2) is 0 Å². The number of hydrogen-bond donors (Lipinski definition) is 3. The first-order valence-electron chi connectivity index (χ1n) is 10.4. The lowest BCUT2D eigenvalue weighted by Crippen LogP contribution is -3.27. The Morgan fingerprint density at radius 3 is 2.54 bits per heavy atom. The van der Waals surface area contributed by atoms with Crippen molar-refractivity contribution in [3.05, 3.63) is 46.2 Å². The highest BCUT2D eigenvalue weighted by atomic mass is 32.1. The summed E-state index contributed by atoms with van der Waals surface area (Å²) in [6.07, 6.45) is 1.84. The van der Waals surface area contributed by atoms with Crippen LogP contribution >= 0.6 is 11.3 Å². The molecule has 0 amide bonds. The molecule has 0 radical (unpaired) electrons. The normalized spacial score (nSPS) is 21.1. The summed E-state index contributed by atoms with van der Waals surface area (Å²) in [6, 6.07) is 10.7. The second-order valence-electron chi connectivity index (χ2n) is 7.59. The van der Waals surface area contributed by atoms with Crippen molar-refractivity contribution < 1.29 is 14.9 Å². The van der Waals surface area contributed by atoms with Gasteiger partial charge in [-0.25, -0.2) is 0 Å². The van der Waals surface area contributed by atoms with Gasteiger partial charge >= 0.3 is 0 Å². The number of piperazine rings is 1. The molecule has 1 aliphatic heterocycles. The largest absolute Gasteiger partial charge is 0.507 e. The Kier molecular flexibility index (Phi) is 7.48. The average molecular weight is 403 g/mol. The highest BCUT2D eigenvalue weighted by Crippen LogP contribution is 2.24. The van der Waals surface area contributed by atoms with Gasteiger partial charge in [0.2, 0.25) is 0 Å². The van der Waals surface area contributed by atoms with E-state index in [1.54, 1.807) is 9.80 Å². The van der Waals surface area contributed by atoms with Crippen molar-refractivity contribution in [2.75, 3.05) is 57.8 Å². The Balaban J connectivity index is 1.70. The fourth-order valence-corrected chi connectivity index (χ4v) is 4.82. The van der Waals surface area contributed by atoms with Gasteiger partial charge in [0.05, 0.1) is 18.5 Å². The van der Waals surface area contributed by atoms with Crippen LogP contribution in [0, 0.1) is 0 Å². The number of thiophene rings is 1. The number of phenolic OH excluding ortho intramolecular Hbond substituents is 1. The maximum Gasteiger partial charge on any atom is 0.142 e. The molecule has 5 nitrogen and oxygen atoms in total. The van der Waals surface area contributed by atoms with Crippen molar-refractivity contribution >= 4 is 23.2 Å². The third-order valence-corrected chi connectivity index (χ3v) is 6.77. The molecular formula is C22H34N4OS+2. The molecule has 1 atom stereocenters. The topological polar surface area (TPSA) is 44.7 Å². The summed E-state index contributed by atoms with van der Waals surface area (Å²) in [7, 11) is 2.28. The summed E-state index contributed by atoms with van der Waals surface area (Å²) in [4.78, 5) is 11.6. The molecule has 0 unspecified atom stereocenters. The van der Waals surface area contributed by atoms with Crippen molar-refractivity contribution in [3.63, 3.8) is 0 Å². The number of benzene rings is 1. The molecule has 2 aromatic rings. The van der Waals surface area contributed by atoms with Crippen molar-refractivity contribution in [2.24, 2.45) is 4.99 Å². The number of aliphatic imine (C=N–C) groups is 1. The Morgan fingerprint density at radius 1 is 1.18 bits per heavy atom. The molecule has 3 rings (SSSR count). The molecule has 1 fully saturated rings. The third kappa shape index (κ3) is 5.13. The molecule has 0 spiro atoms. The first-order chi connectivity index (χ1) is 13.6. The zero-order valence-electron chi connectivity index (χ0n) is 17.3. The molecule has 28 heavy (non-hydrogen) atoms. The summed E-state index contributed by atoms with van der Waals surface area (Å²) >= 11 is 1.83. The number of likely N-dealkylation sites (N-methyl/N-ethyl adjacent to an activating group) is 1. The maximum absolute atomic E-state index is 10.4. The molecule has 1 saturated heterocycles. The first-order valence-corrected chi connectivity index (χ1v) is 11.3. The SMILES string of the molecule is CCN(CC)c1ccc(C=NC[C@H](c2cccs2)[NH+]2CC[NH+](C)CC2)c(O)c1. The van der Waals surface area contributed by atoms with Crippen LogP contribution in [0.5, 0.6) is 5.75 Å². The van der Waals surface area contributed by atoms with Crippen LogP contribution < -0.4 is 14.7 Å². The molecule has 152 valence electrons. The van der Waals surface area contributed by atoms with E-state index in [9.17, 15) is 5.11 Å². The third-order valence-electron chi connectivity index (χ3n) is 5.79. The highest BCUT2D eigenvalue weighted by Gasteiger charge is 2.29. The standard InChI is InChI=1S/C22H32N4OS/c1-4-25(5-2)19-9-8-18(21(27)15-19)16-23-17-20(22-7-6-14-28-22)26-12-10-24(3)11-13-26/h6-9,14-16,20,27H,4-5,10-13,17H2,1-3H3/p+2/t20-/m1/s1. The second-order valence-corrected chi connectivity index (χ2v) is 8.57. The van der Waals surface area contributed by atoms with Gasteiger partial charge in [0, 0.05) is 36.6 Å². The van der Waals surface area contributed by atoms with Crippen molar-refractivity contribution in [3.8, 4) is 5.75 Å². The molecule has 0 bridgehead atoms. The Morgan fingerprint density at radius 2 is 1.93 bits per heavy atom. The molecular weight excluding hydrogens is 368 g/mol. The monoisotopic (exact) mass is 402 g/mol. The van der Waals surface area contributed by atoms with Crippen LogP contribution in [-0.4, -0.2) is 64.2 Å². The van der Waals surface area contributed by atoms with E-state index in [-0.39, 0.29) is 0 Å². The predicted octanol–water partition coefficient (Wildman–Crippen LogP) is 0.873. The smallest absolute Gasteiger partial charge is 0.142 e.